The predicted molar refractivity (Wildman–Crippen MR) is 44.4 cm³/mol. The van der Waals surface area contributed by atoms with Gasteiger partial charge in [0.25, 0.3) is 0 Å². The Morgan fingerprint density at radius 3 is 3.00 bits per heavy atom. The van der Waals surface area contributed by atoms with Crippen molar-refractivity contribution in [3.8, 4) is 0 Å². The van der Waals surface area contributed by atoms with Crippen LogP contribution in [0.5, 0.6) is 0 Å². The van der Waals surface area contributed by atoms with Gasteiger partial charge in [0.15, 0.2) is 0 Å². The number of carbonyl (C=O) groups excluding carboxylic acids is 1. The maximum absolute atomic E-state index is 11.2. The fourth-order valence-electron chi connectivity index (χ4n) is 0.897. The zero-order chi connectivity index (χ0) is 9.68. The SMILES string of the molecule is CCC(=O)N(Cc1ccon1)OC. The number of amides is 1. The van der Waals surface area contributed by atoms with Crippen LogP contribution in [-0.4, -0.2) is 23.2 Å². The lowest BCUT2D eigenvalue weighted by atomic mass is 10.4. The molecule has 1 rings (SSSR count). The Morgan fingerprint density at radius 2 is 2.54 bits per heavy atom. The molecule has 0 aliphatic heterocycles. The van der Waals surface area contributed by atoms with Crippen molar-refractivity contribution >= 4 is 5.91 Å². The van der Waals surface area contributed by atoms with Gasteiger partial charge in [-0.3, -0.25) is 9.63 Å². The largest absolute Gasteiger partial charge is 0.364 e. The van der Waals surface area contributed by atoms with Gasteiger partial charge in [-0.25, -0.2) is 5.06 Å². The number of nitrogens with zero attached hydrogens (tertiary/aromatic N) is 2. The van der Waals surface area contributed by atoms with E-state index < -0.39 is 0 Å². The average Bonchev–Trinajstić information content (AvgIpc) is 2.65. The Morgan fingerprint density at radius 1 is 1.77 bits per heavy atom. The van der Waals surface area contributed by atoms with E-state index in [4.69, 9.17) is 4.84 Å². The van der Waals surface area contributed by atoms with Gasteiger partial charge >= 0.3 is 0 Å². The molecular formula is C8H12N2O3. The molecule has 5 heteroatoms. The molecular weight excluding hydrogens is 172 g/mol. The van der Waals surface area contributed by atoms with Crippen molar-refractivity contribution in [2.75, 3.05) is 7.11 Å². The Labute approximate surface area is 76.2 Å². The zero-order valence-electron chi connectivity index (χ0n) is 7.69. The summed E-state index contributed by atoms with van der Waals surface area (Å²) in [4.78, 5) is 16.1. The topological polar surface area (TPSA) is 55.6 Å². The molecule has 1 amide bonds. The van der Waals surface area contributed by atoms with Gasteiger partial charge in [0.05, 0.1) is 13.7 Å². The molecule has 0 aliphatic rings. The first-order valence-electron chi connectivity index (χ1n) is 4.01. The number of aromatic nitrogens is 1. The minimum absolute atomic E-state index is 0.0782. The number of hydroxylamine groups is 2. The molecule has 13 heavy (non-hydrogen) atoms. The quantitative estimate of drug-likeness (QED) is 0.654. The second kappa shape index (κ2) is 4.61. The van der Waals surface area contributed by atoms with E-state index in [0.29, 0.717) is 18.7 Å². The fourth-order valence-corrected chi connectivity index (χ4v) is 0.897. The summed E-state index contributed by atoms with van der Waals surface area (Å²) in [5, 5.41) is 4.92. The Balaban J connectivity index is 2.54. The van der Waals surface area contributed by atoms with E-state index in [1.54, 1.807) is 13.0 Å². The normalized spacial score (nSPS) is 10.0. The molecule has 1 aromatic rings. The van der Waals surface area contributed by atoms with E-state index in [1.807, 2.05) is 0 Å². The first-order valence-corrected chi connectivity index (χ1v) is 4.01. The Kier molecular flexibility index (Phi) is 3.45. The molecule has 0 fully saturated rings. The van der Waals surface area contributed by atoms with Crippen molar-refractivity contribution in [2.45, 2.75) is 19.9 Å². The molecule has 0 unspecified atom stereocenters. The zero-order valence-corrected chi connectivity index (χ0v) is 7.69. The van der Waals surface area contributed by atoms with Gasteiger partial charge in [-0.1, -0.05) is 12.1 Å². The highest BCUT2D eigenvalue weighted by Crippen LogP contribution is 2.03. The third kappa shape index (κ3) is 2.55. The maximum Gasteiger partial charge on any atom is 0.246 e. The fraction of sp³-hybridized carbons (Fsp3) is 0.500. The van der Waals surface area contributed by atoms with E-state index >= 15 is 0 Å². The van der Waals surface area contributed by atoms with Gasteiger partial charge in [-0.15, -0.1) is 0 Å². The van der Waals surface area contributed by atoms with Crippen molar-refractivity contribution in [3.05, 3.63) is 18.0 Å². The van der Waals surface area contributed by atoms with E-state index in [-0.39, 0.29) is 5.91 Å². The lowest BCUT2D eigenvalue weighted by Crippen LogP contribution is -2.28. The first-order chi connectivity index (χ1) is 6.27. The van der Waals surface area contributed by atoms with Crippen LogP contribution in [0.2, 0.25) is 0 Å². The second-order valence-electron chi connectivity index (χ2n) is 2.46. The summed E-state index contributed by atoms with van der Waals surface area (Å²) in [7, 11) is 1.45. The van der Waals surface area contributed by atoms with Gasteiger partial charge in [-0.05, 0) is 0 Å². The summed E-state index contributed by atoms with van der Waals surface area (Å²) in [6, 6.07) is 1.69. The summed E-state index contributed by atoms with van der Waals surface area (Å²) >= 11 is 0. The van der Waals surface area contributed by atoms with Crippen LogP contribution >= 0.6 is 0 Å². The van der Waals surface area contributed by atoms with Crippen molar-refractivity contribution in [1.82, 2.24) is 10.2 Å². The van der Waals surface area contributed by atoms with Crippen molar-refractivity contribution in [3.63, 3.8) is 0 Å². The van der Waals surface area contributed by atoms with Crippen LogP contribution in [0.25, 0.3) is 0 Å². The van der Waals surface area contributed by atoms with Gasteiger partial charge in [0, 0.05) is 12.5 Å². The molecule has 0 N–H and O–H groups in total. The Bertz CT molecular complexity index is 258. The second-order valence-corrected chi connectivity index (χ2v) is 2.46. The lowest BCUT2D eigenvalue weighted by Gasteiger charge is -2.16. The van der Waals surface area contributed by atoms with Gasteiger partial charge in [0.1, 0.15) is 12.0 Å². The van der Waals surface area contributed by atoms with Crippen LogP contribution in [-0.2, 0) is 16.2 Å². The smallest absolute Gasteiger partial charge is 0.246 e. The van der Waals surface area contributed by atoms with Crippen LogP contribution in [0.15, 0.2) is 16.9 Å². The molecule has 1 heterocycles. The molecule has 0 bridgehead atoms. The number of hydrogen-bond donors (Lipinski definition) is 0. The molecule has 0 saturated heterocycles. The highest BCUT2D eigenvalue weighted by atomic mass is 16.7. The number of rotatable bonds is 4. The molecule has 72 valence electrons. The monoisotopic (exact) mass is 184 g/mol. The molecule has 0 aliphatic carbocycles. The molecule has 0 radical (unpaired) electrons. The summed E-state index contributed by atoms with van der Waals surface area (Å²) in [6.07, 6.45) is 1.87. The molecule has 0 aromatic carbocycles. The lowest BCUT2D eigenvalue weighted by molar-refractivity contribution is -0.179. The standard InChI is InChI=1S/C8H12N2O3/c1-3-8(11)10(12-2)6-7-4-5-13-9-7/h4-5H,3,6H2,1-2H3. The molecule has 5 nitrogen and oxygen atoms in total. The van der Waals surface area contributed by atoms with Crippen molar-refractivity contribution in [1.29, 1.82) is 0 Å². The van der Waals surface area contributed by atoms with Crippen molar-refractivity contribution in [2.24, 2.45) is 0 Å². The van der Waals surface area contributed by atoms with Crippen LogP contribution in [0.4, 0.5) is 0 Å². The summed E-state index contributed by atoms with van der Waals surface area (Å²) in [5.41, 5.74) is 0.670. The minimum atomic E-state index is -0.0782. The average molecular weight is 184 g/mol. The minimum Gasteiger partial charge on any atom is -0.364 e. The van der Waals surface area contributed by atoms with Gasteiger partial charge in [-0.2, -0.15) is 0 Å². The molecule has 0 atom stereocenters. The number of hydrogen-bond acceptors (Lipinski definition) is 4. The highest BCUT2D eigenvalue weighted by Gasteiger charge is 2.12. The summed E-state index contributed by atoms with van der Waals surface area (Å²) in [6.45, 7) is 2.09. The highest BCUT2D eigenvalue weighted by molar-refractivity contribution is 5.74. The third-order valence-electron chi connectivity index (χ3n) is 1.60. The van der Waals surface area contributed by atoms with Crippen LogP contribution in [0, 0.1) is 0 Å². The van der Waals surface area contributed by atoms with Crippen LogP contribution in [0.3, 0.4) is 0 Å². The van der Waals surface area contributed by atoms with Crippen molar-refractivity contribution < 1.29 is 14.2 Å². The van der Waals surface area contributed by atoms with Gasteiger partial charge < -0.3 is 4.52 Å². The Hall–Kier alpha value is -1.36. The van der Waals surface area contributed by atoms with E-state index in [0.717, 1.165) is 0 Å². The third-order valence-corrected chi connectivity index (χ3v) is 1.60. The molecule has 0 saturated carbocycles. The van der Waals surface area contributed by atoms with E-state index in [1.165, 1.54) is 18.4 Å². The molecule has 0 spiro atoms. The summed E-state index contributed by atoms with van der Waals surface area (Å²) < 4.78 is 4.63. The molecule has 1 aromatic heterocycles. The van der Waals surface area contributed by atoms with Crippen LogP contribution < -0.4 is 0 Å². The van der Waals surface area contributed by atoms with Crippen LogP contribution in [0.1, 0.15) is 19.0 Å². The van der Waals surface area contributed by atoms with Gasteiger partial charge in [0.2, 0.25) is 5.91 Å². The maximum atomic E-state index is 11.2. The first kappa shape index (κ1) is 9.73. The predicted octanol–water partition coefficient (Wildman–Crippen LogP) is 0.975. The number of carbonyl (C=O) groups is 1. The van der Waals surface area contributed by atoms with E-state index in [9.17, 15) is 4.79 Å². The summed E-state index contributed by atoms with van der Waals surface area (Å²) in [5.74, 6) is -0.0782. The van der Waals surface area contributed by atoms with E-state index in [2.05, 4.69) is 9.68 Å².